The maximum atomic E-state index is 12.6. The second-order valence-corrected chi connectivity index (χ2v) is 6.51. The van der Waals surface area contributed by atoms with Crippen LogP contribution in [0.3, 0.4) is 0 Å². The fourth-order valence-electron chi connectivity index (χ4n) is 2.66. The number of amides is 2. The lowest BCUT2D eigenvalue weighted by Gasteiger charge is -2.12. The van der Waals surface area contributed by atoms with Crippen molar-refractivity contribution in [2.75, 3.05) is 10.6 Å². The average Bonchev–Trinajstić information content (AvgIpc) is 2.69. The van der Waals surface area contributed by atoms with Gasteiger partial charge in [-0.15, -0.1) is 0 Å². The summed E-state index contributed by atoms with van der Waals surface area (Å²) in [5.41, 5.74) is 2.01. The van der Waals surface area contributed by atoms with Gasteiger partial charge in [-0.1, -0.05) is 30.3 Å². The normalized spacial score (nSPS) is 10.4. The van der Waals surface area contributed by atoms with Gasteiger partial charge in [0.25, 0.3) is 11.8 Å². The van der Waals surface area contributed by atoms with E-state index < -0.39 is 0 Å². The van der Waals surface area contributed by atoms with Gasteiger partial charge in [0, 0.05) is 11.3 Å². The minimum absolute atomic E-state index is 0.0645. The number of anilines is 2. The smallest absolute Gasteiger partial charge is 0.257 e. The fraction of sp³-hybridized carbons (Fsp3) is 0.130. The van der Waals surface area contributed by atoms with Gasteiger partial charge in [-0.3, -0.25) is 9.59 Å². The molecule has 3 aromatic rings. The minimum Gasteiger partial charge on any atom is -0.491 e. The van der Waals surface area contributed by atoms with E-state index in [4.69, 9.17) is 4.74 Å². The van der Waals surface area contributed by atoms with Crippen molar-refractivity contribution in [3.8, 4) is 5.75 Å². The Kier molecular flexibility index (Phi) is 6.07. The van der Waals surface area contributed by atoms with E-state index in [2.05, 4.69) is 10.6 Å². The number of hydrogen-bond donors (Lipinski definition) is 2. The maximum Gasteiger partial charge on any atom is 0.257 e. The molecule has 5 heteroatoms. The molecule has 28 heavy (non-hydrogen) atoms. The zero-order valence-corrected chi connectivity index (χ0v) is 15.8. The summed E-state index contributed by atoms with van der Waals surface area (Å²) in [4.78, 5) is 25.2. The van der Waals surface area contributed by atoms with Crippen molar-refractivity contribution in [3.05, 3.63) is 90.0 Å². The van der Waals surface area contributed by atoms with Crippen LogP contribution < -0.4 is 15.4 Å². The Bertz CT molecular complexity index is 951. The summed E-state index contributed by atoms with van der Waals surface area (Å²) in [6.07, 6.45) is 0.0645. The molecule has 142 valence electrons. The second kappa shape index (κ2) is 8.86. The number of rotatable bonds is 6. The Morgan fingerprint density at radius 3 is 2.07 bits per heavy atom. The third-order valence-corrected chi connectivity index (χ3v) is 3.94. The quantitative estimate of drug-likeness (QED) is 0.639. The van der Waals surface area contributed by atoms with Crippen molar-refractivity contribution in [3.63, 3.8) is 0 Å². The highest BCUT2D eigenvalue weighted by Gasteiger charge is 2.14. The van der Waals surface area contributed by atoms with Crippen LogP contribution in [0.15, 0.2) is 78.9 Å². The van der Waals surface area contributed by atoms with E-state index in [1.807, 2.05) is 32.0 Å². The lowest BCUT2D eigenvalue weighted by atomic mass is 10.1. The van der Waals surface area contributed by atoms with Crippen LogP contribution in [-0.4, -0.2) is 17.9 Å². The summed E-state index contributed by atoms with van der Waals surface area (Å²) < 4.78 is 5.59. The Labute approximate surface area is 164 Å². The summed E-state index contributed by atoms with van der Waals surface area (Å²) >= 11 is 0. The Morgan fingerprint density at radius 2 is 1.39 bits per heavy atom. The highest BCUT2D eigenvalue weighted by molar-refractivity contribution is 6.12. The minimum atomic E-state index is -0.295. The van der Waals surface area contributed by atoms with E-state index >= 15 is 0 Å². The molecule has 5 nitrogen and oxygen atoms in total. The second-order valence-electron chi connectivity index (χ2n) is 6.51. The number of carbonyl (C=O) groups excluding carboxylic acids is 2. The van der Waals surface area contributed by atoms with Crippen molar-refractivity contribution in [1.82, 2.24) is 0 Å². The number of ether oxygens (including phenoxy) is 1. The first kappa shape index (κ1) is 19.2. The van der Waals surface area contributed by atoms with Crippen LogP contribution in [-0.2, 0) is 0 Å². The van der Waals surface area contributed by atoms with Crippen LogP contribution in [0.2, 0.25) is 0 Å². The van der Waals surface area contributed by atoms with Gasteiger partial charge in [-0.05, 0) is 62.4 Å². The summed E-state index contributed by atoms with van der Waals surface area (Å²) in [6, 6.07) is 23.0. The number of para-hydroxylation sites is 2. The SMILES string of the molecule is CC(C)Oc1ccc(C(=O)Nc2ccccc2C(=O)Nc2ccccc2)cc1. The number of carbonyl (C=O) groups is 2. The number of hydrogen-bond acceptors (Lipinski definition) is 3. The van der Waals surface area contributed by atoms with Gasteiger partial charge < -0.3 is 15.4 Å². The van der Waals surface area contributed by atoms with Crippen molar-refractivity contribution in [2.45, 2.75) is 20.0 Å². The number of nitrogens with one attached hydrogen (secondary N) is 2. The van der Waals surface area contributed by atoms with Crippen molar-refractivity contribution in [2.24, 2.45) is 0 Å². The molecule has 0 saturated heterocycles. The molecule has 0 spiro atoms. The zero-order valence-electron chi connectivity index (χ0n) is 15.8. The monoisotopic (exact) mass is 374 g/mol. The molecule has 0 atom stereocenters. The van der Waals surface area contributed by atoms with E-state index in [1.165, 1.54) is 0 Å². The highest BCUT2D eigenvalue weighted by Crippen LogP contribution is 2.20. The molecule has 0 aliphatic rings. The van der Waals surface area contributed by atoms with Crippen molar-refractivity contribution >= 4 is 23.2 Å². The molecule has 0 aliphatic carbocycles. The first-order chi connectivity index (χ1) is 13.5. The van der Waals surface area contributed by atoms with Gasteiger partial charge in [-0.25, -0.2) is 0 Å². The summed E-state index contributed by atoms with van der Waals surface area (Å²) in [5, 5.41) is 5.64. The van der Waals surface area contributed by atoms with Crippen molar-refractivity contribution < 1.29 is 14.3 Å². The zero-order chi connectivity index (χ0) is 19.9. The maximum absolute atomic E-state index is 12.6. The molecule has 0 unspecified atom stereocenters. The molecular weight excluding hydrogens is 352 g/mol. The summed E-state index contributed by atoms with van der Waals surface area (Å²) in [5.74, 6) is 0.119. The Hall–Kier alpha value is -3.60. The van der Waals surface area contributed by atoms with E-state index in [0.29, 0.717) is 28.3 Å². The van der Waals surface area contributed by atoms with Gasteiger partial charge in [0.15, 0.2) is 0 Å². The van der Waals surface area contributed by atoms with E-state index in [-0.39, 0.29) is 17.9 Å². The van der Waals surface area contributed by atoms with Crippen LogP contribution in [0.5, 0.6) is 5.75 Å². The molecule has 3 rings (SSSR count). The Morgan fingerprint density at radius 1 is 0.750 bits per heavy atom. The molecule has 0 bridgehead atoms. The van der Waals surface area contributed by atoms with Gasteiger partial charge in [0.2, 0.25) is 0 Å². The predicted molar refractivity (Wildman–Crippen MR) is 111 cm³/mol. The van der Waals surface area contributed by atoms with Gasteiger partial charge in [-0.2, -0.15) is 0 Å². The van der Waals surface area contributed by atoms with Crippen LogP contribution >= 0.6 is 0 Å². The molecule has 0 aromatic heterocycles. The average molecular weight is 374 g/mol. The van der Waals surface area contributed by atoms with Crippen molar-refractivity contribution in [1.29, 1.82) is 0 Å². The largest absolute Gasteiger partial charge is 0.491 e. The molecule has 2 amide bonds. The van der Waals surface area contributed by atoms with Crippen LogP contribution in [0, 0.1) is 0 Å². The first-order valence-corrected chi connectivity index (χ1v) is 9.06. The lowest BCUT2D eigenvalue weighted by Crippen LogP contribution is -2.18. The van der Waals surface area contributed by atoms with Gasteiger partial charge in [0.05, 0.1) is 17.4 Å². The molecular formula is C23H22N2O3. The topological polar surface area (TPSA) is 67.4 Å². The molecule has 0 radical (unpaired) electrons. The fourth-order valence-corrected chi connectivity index (χ4v) is 2.66. The molecule has 0 heterocycles. The third kappa shape index (κ3) is 4.98. The lowest BCUT2D eigenvalue weighted by molar-refractivity contribution is 0.102. The van der Waals surface area contributed by atoms with Gasteiger partial charge in [0.1, 0.15) is 5.75 Å². The van der Waals surface area contributed by atoms with Crippen LogP contribution in [0.1, 0.15) is 34.6 Å². The van der Waals surface area contributed by atoms with E-state index in [9.17, 15) is 9.59 Å². The van der Waals surface area contributed by atoms with E-state index in [0.717, 1.165) is 0 Å². The molecule has 3 aromatic carbocycles. The Balaban J connectivity index is 1.74. The molecule has 0 saturated carbocycles. The molecule has 0 fully saturated rings. The standard InChI is InChI=1S/C23H22N2O3/c1-16(2)28-19-14-12-17(13-15-19)22(26)25-21-11-7-6-10-20(21)23(27)24-18-8-4-3-5-9-18/h3-16H,1-2H3,(H,24,27)(H,25,26). The van der Waals surface area contributed by atoms with Gasteiger partial charge >= 0.3 is 0 Å². The van der Waals surface area contributed by atoms with Crippen LogP contribution in [0.4, 0.5) is 11.4 Å². The first-order valence-electron chi connectivity index (χ1n) is 9.06. The summed E-state index contributed by atoms with van der Waals surface area (Å²) in [7, 11) is 0. The highest BCUT2D eigenvalue weighted by atomic mass is 16.5. The summed E-state index contributed by atoms with van der Waals surface area (Å²) in [6.45, 7) is 3.89. The number of benzene rings is 3. The van der Waals surface area contributed by atoms with Crippen LogP contribution in [0.25, 0.3) is 0 Å². The predicted octanol–water partition coefficient (Wildman–Crippen LogP) is 4.98. The third-order valence-electron chi connectivity index (χ3n) is 3.94. The molecule has 0 aliphatic heterocycles. The molecule has 2 N–H and O–H groups in total. The van der Waals surface area contributed by atoms with E-state index in [1.54, 1.807) is 60.7 Å².